The summed E-state index contributed by atoms with van der Waals surface area (Å²) in [6, 6.07) is -0.805. The number of nitrogens with zero attached hydrogens (tertiary/aromatic N) is 1. The molecular formula is C26H39NO7. The van der Waals surface area contributed by atoms with Crippen molar-refractivity contribution in [1.82, 2.24) is 4.90 Å². The first-order chi connectivity index (χ1) is 16.0. The monoisotopic (exact) mass is 477 g/mol. The molecule has 5 atom stereocenters. The number of aliphatic hydroxyl groups is 1. The Bertz CT molecular complexity index is 829. The minimum Gasteiger partial charge on any atom is -0.469 e. The Morgan fingerprint density at radius 2 is 1.94 bits per heavy atom. The van der Waals surface area contributed by atoms with Gasteiger partial charge in [-0.15, -0.1) is 0 Å². The number of fused-ring (bicyclic) bond motifs is 2. The zero-order valence-corrected chi connectivity index (χ0v) is 20.9. The van der Waals surface area contributed by atoms with Crippen LogP contribution in [-0.2, 0) is 28.7 Å². The van der Waals surface area contributed by atoms with Gasteiger partial charge in [0.15, 0.2) is 5.78 Å². The zero-order valence-electron chi connectivity index (χ0n) is 20.9. The van der Waals surface area contributed by atoms with Gasteiger partial charge in [-0.3, -0.25) is 19.2 Å². The third-order valence-electron chi connectivity index (χ3n) is 7.12. The van der Waals surface area contributed by atoms with Crippen LogP contribution in [0.5, 0.6) is 0 Å². The summed E-state index contributed by atoms with van der Waals surface area (Å²) >= 11 is 0. The van der Waals surface area contributed by atoms with Crippen molar-refractivity contribution in [2.75, 3.05) is 13.7 Å². The lowest BCUT2D eigenvalue weighted by Crippen LogP contribution is -2.45. The Morgan fingerprint density at radius 3 is 2.62 bits per heavy atom. The van der Waals surface area contributed by atoms with Crippen molar-refractivity contribution in [1.29, 1.82) is 0 Å². The summed E-state index contributed by atoms with van der Waals surface area (Å²) in [5.41, 5.74) is -1.54. The molecule has 2 fully saturated rings. The van der Waals surface area contributed by atoms with Gasteiger partial charge in [0.05, 0.1) is 31.1 Å². The molecule has 0 aromatic rings. The lowest BCUT2D eigenvalue weighted by Gasteiger charge is -2.29. The normalized spacial score (nSPS) is 33.7. The van der Waals surface area contributed by atoms with Crippen LogP contribution in [0, 0.1) is 17.3 Å². The molecule has 0 radical (unpaired) electrons. The molecule has 1 saturated heterocycles. The number of aliphatic hydroxyl groups excluding tert-OH is 1. The average Bonchev–Trinajstić information content (AvgIpc) is 3.29. The number of rotatable bonds is 3. The van der Waals surface area contributed by atoms with Gasteiger partial charge < -0.3 is 19.5 Å². The van der Waals surface area contributed by atoms with Gasteiger partial charge in [-0.05, 0) is 52.4 Å². The molecule has 2 aliphatic heterocycles. The fourth-order valence-electron chi connectivity index (χ4n) is 5.31. The summed E-state index contributed by atoms with van der Waals surface area (Å²) < 4.78 is 10.5. The SMILES string of the molecule is COC(=O)[C@]12CC(=O)[C@@H]3C[C@@H](O)CN3C(=O)[C@@H](CC(=O)OC(C)(C)C)CCCCC/C=C\[C@@H]1C2. The molecule has 3 rings (SSSR count). The van der Waals surface area contributed by atoms with E-state index in [0.29, 0.717) is 12.8 Å². The number of esters is 2. The Morgan fingerprint density at radius 1 is 1.21 bits per heavy atom. The van der Waals surface area contributed by atoms with Crippen LogP contribution in [0.4, 0.5) is 0 Å². The van der Waals surface area contributed by atoms with Crippen LogP contribution < -0.4 is 0 Å². The Labute approximate surface area is 202 Å². The van der Waals surface area contributed by atoms with Gasteiger partial charge in [0.25, 0.3) is 0 Å². The molecule has 1 N–H and O–H groups in total. The topological polar surface area (TPSA) is 110 Å². The Hall–Kier alpha value is -2.22. The number of ketones is 1. The molecule has 1 amide bonds. The first-order valence-electron chi connectivity index (χ1n) is 12.4. The van der Waals surface area contributed by atoms with Crippen LogP contribution in [0.3, 0.4) is 0 Å². The van der Waals surface area contributed by atoms with Gasteiger partial charge in [-0.25, -0.2) is 0 Å². The maximum absolute atomic E-state index is 13.6. The van der Waals surface area contributed by atoms with Crippen LogP contribution in [0.1, 0.15) is 78.6 Å². The highest BCUT2D eigenvalue weighted by Gasteiger charge is 2.61. The van der Waals surface area contributed by atoms with E-state index in [2.05, 4.69) is 6.08 Å². The van der Waals surface area contributed by atoms with E-state index in [1.807, 2.05) is 6.08 Å². The summed E-state index contributed by atoms with van der Waals surface area (Å²) in [5, 5.41) is 10.3. The third kappa shape index (κ3) is 6.26. The van der Waals surface area contributed by atoms with Gasteiger partial charge in [-0.2, -0.15) is 0 Å². The van der Waals surface area contributed by atoms with Gasteiger partial charge >= 0.3 is 11.9 Å². The molecule has 34 heavy (non-hydrogen) atoms. The summed E-state index contributed by atoms with van der Waals surface area (Å²) in [6.07, 6.45) is 7.86. The fourth-order valence-corrected chi connectivity index (χ4v) is 5.31. The molecule has 2 heterocycles. The molecule has 8 heteroatoms. The summed E-state index contributed by atoms with van der Waals surface area (Å²) in [6.45, 7) is 5.40. The number of hydrogen-bond acceptors (Lipinski definition) is 7. The van der Waals surface area contributed by atoms with Gasteiger partial charge in [0.2, 0.25) is 5.91 Å². The molecule has 0 aromatic heterocycles. The number of amides is 1. The summed E-state index contributed by atoms with van der Waals surface area (Å²) in [7, 11) is 1.33. The van der Waals surface area contributed by atoms with Crippen molar-refractivity contribution in [3.8, 4) is 0 Å². The number of ether oxygens (including phenoxy) is 2. The first-order valence-corrected chi connectivity index (χ1v) is 12.4. The van der Waals surface area contributed by atoms with E-state index in [1.165, 1.54) is 12.0 Å². The molecule has 0 spiro atoms. The lowest BCUT2D eigenvalue weighted by atomic mass is 9.91. The first kappa shape index (κ1) is 26.4. The second kappa shape index (κ2) is 10.6. The largest absolute Gasteiger partial charge is 0.469 e. The van der Waals surface area contributed by atoms with E-state index < -0.39 is 41.0 Å². The van der Waals surface area contributed by atoms with Crippen LogP contribution in [0.25, 0.3) is 0 Å². The summed E-state index contributed by atoms with van der Waals surface area (Å²) in [5.74, 6) is -2.05. The maximum Gasteiger partial charge on any atom is 0.312 e. The number of Topliss-reactive ketones (excluding diaryl/α,β-unsaturated/α-hetero) is 1. The third-order valence-corrected chi connectivity index (χ3v) is 7.12. The van der Waals surface area contributed by atoms with E-state index in [-0.39, 0.29) is 43.4 Å². The minimum absolute atomic E-state index is 0.0213. The van der Waals surface area contributed by atoms with Crippen LogP contribution in [0.15, 0.2) is 12.2 Å². The smallest absolute Gasteiger partial charge is 0.312 e. The van der Waals surface area contributed by atoms with Gasteiger partial charge in [0, 0.05) is 25.3 Å². The minimum atomic E-state index is -0.888. The molecule has 190 valence electrons. The molecule has 3 aliphatic rings. The number of hydrogen-bond donors (Lipinski definition) is 1. The van der Waals surface area contributed by atoms with E-state index in [1.54, 1.807) is 20.8 Å². The van der Waals surface area contributed by atoms with E-state index in [9.17, 15) is 24.3 Å². The summed E-state index contributed by atoms with van der Waals surface area (Å²) in [4.78, 5) is 53.5. The highest BCUT2D eigenvalue weighted by atomic mass is 16.6. The average molecular weight is 478 g/mol. The van der Waals surface area contributed by atoms with Crippen molar-refractivity contribution in [3.05, 3.63) is 12.2 Å². The highest BCUT2D eigenvalue weighted by molar-refractivity contribution is 5.95. The van der Waals surface area contributed by atoms with Gasteiger partial charge in [0.1, 0.15) is 5.60 Å². The number of carbonyl (C=O) groups is 4. The Kier molecular flexibility index (Phi) is 8.22. The zero-order chi connectivity index (χ0) is 25.1. The molecular weight excluding hydrogens is 438 g/mol. The second-order valence-electron chi connectivity index (χ2n) is 11.1. The van der Waals surface area contributed by atoms with Crippen molar-refractivity contribution < 1.29 is 33.8 Å². The molecule has 8 nitrogen and oxygen atoms in total. The fraction of sp³-hybridized carbons (Fsp3) is 0.769. The molecule has 0 bridgehead atoms. The van der Waals surface area contributed by atoms with Crippen LogP contribution >= 0.6 is 0 Å². The number of carbonyl (C=O) groups excluding carboxylic acids is 4. The molecule has 1 aliphatic carbocycles. The molecule has 1 saturated carbocycles. The molecule has 0 unspecified atom stereocenters. The quantitative estimate of drug-likeness (QED) is 0.491. The van der Waals surface area contributed by atoms with Crippen molar-refractivity contribution in [3.63, 3.8) is 0 Å². The predicted molar refractivity (Wildman–Crippen MR) is 124 cm³/mol. The second-order valence-corrected chi connectivity index (χ2v) is 11.1. The van der Waals surface area contributed by atoms with Crippen LogP contribution in [0.2, 0.25) is 0 Å². The van der Waals surface area contributed by atoms with E-state index in [4.69, 9.17) is 9.47 Å². The maximum atomic E-state index is 13.6. The standard InChI is InChI=1S/C26H39NO7/c1-25(2,3)34-22(30)12-17-10-8-6-5-7-9-11-18-14-26(18,24(32)33-4)15-21(29)20-13-19(28)16-27(20)23(17)31/h9,11,17-20,28H,5-8,10,12-16H2,1-4H3/b11-9-/t17-,18-,19-,20+,26-/m1/s1. The lowest BCUT2D eigenvalue weighted by molar-refractivity contribution is -0.159. The number of allylic oxidation sites excluding steroid dienone is 2. The number of methoxy groups -OCH3 is 1. The van der Waals surface area contributed by atoms with Crippen molar-refractivity contribution in [2.24, 2.45) is 17.3 Å². The van der Waals surface area contributed by atoms with Crippen molar-refractivity contribution >= 4 is 23.6 Å². The molecule has 0 aromatic carbocycles. The van der Waals surface area contributed by atoms with Crippen molar-refractivity contribution in [2.45, 2.75) is 96.3 Å². The highest BCUT2D eigenvalue weighted by Crippen LogP contribution is 2.57. The van der Waals surface area contributed by atoms with Crippen LogP contribution in [-0.4, -0.2) is 65.0 Å². The van der Waals surface area contributed by atoms with E-state index in [0.717, 1.165) is 25.7 Å². The van der Waals surface area contributed by atoms with E-state index >= 15 is 0 Å². The van der Waals surface area contributed by atoms with Gasteiger partial charge in [-0.1, -0.05) is 25.0 Å². The Balaban J connectivity index is 1.84. The predicted octanol–water partition coefficient (Wildman–Crippen LogP) is 2.96.